The van der Waals surface area contributed by atoms with E-state index in [4.69, 9.17) is 5.11 Å². The van der Waals surface area contributed by atoms with E-state index in [0.29, 0.717) is 18.5 Å². The zero-order valence-electron chi connectivity index (χ0n) is 13.0. The van der Waals surface area contributed by atoms with Crippen LogP contribution < -0.4 is 5.32 Å². The summed E-state index contributed by atoms with van der Waals surface area (Å²) in [5, 5.41) is 14.4. The maximum Gasteiger partial charge on any atom is 0.303 e. The van der Waals surface area contributed by atoms with Gasteiger partial charge in [-0.15, -0.1) is 11.3 Å². The molecule has 0 spiro atoms. The molecule has 0 aliphatic rings. The average Bonchev–Trinajstić information content (AvgIpc) is 2.97. The van der Waals surface area contributed by atoms with Crippen LogP contribution in [0.3, 0.4) is 0 Å². The number of aryl methyl sites for hydroxylation is 1. The number of amides is 1. The van der Waals surface area contributed by atoms with Crippen molar-refractivity contribution in [2.45, 2.75) is 32.6 Å². The Bertz CT molecular complexity index is 682. The van der Waals surface area contributed by atoms with Crippen molar-refractivity contribution >= 4 is 23.2 Å². The number of thiazole rings is 1. The molecule has 0 aliphatic heterocycles. The third-order valence-corrected chi connectivity index (χ3v) is 4.17. The van der Waals surface area contributed by atoms with E-state index in [1.165, 1.54) is 0 Å². The highest BCUT2D eigenvalue weighted by atomic mass is 32.1. The van der Waals surface area contributed by atoms with E-state index < -0.39 is 5.97 Å². The monoisotopic (exact) mass is 332 g/mol. The van der Waals surface area contributed by atoms with Crippen molar-refractivity contribution in [2.75, 3.05) is 6.54 Å². The molecule has 0 saturated heterocycles. The van der Waals surface area contributed by atoms with Crippen molar-refractivity contribution in [3.63, 3.8) is 0 Å². The van der Waals surface area contributed by atoms with E-state index in [-0.39, 0.29) is 12.3 Å². The minimum absolute atomic E-state index is 0.114. The number of aromatic nitrogens is 1. The number of nitrogens with zero attached hydrogens (tertiary/aromatic N) is 1. The van der Waals surface area contributed by atoms with E-state index >= 15 is 0 Å². The van der Waals surface area contributed by atoms with Crippen LogP contribution in [-0.4, -0.2) is 28.5 Å². The Morgan fingerprint density at radius 1 is 1.26 bits per heavy atom. The van der Waals surface area contributed by atoms with Gasteiger partial charge in [0.15, 0.2) is 0 Å². The van der Waals surface area contributed by atoms with Crippen LogP contribution in [-0.2, 0) is 4.79 Å². The summed E-state index contributed by atoms with van der Waals surface area (Å²) in [7, 11) is 0. The van der Waals surface area contributed by atoms with Gasteiger partial charge in [0.2, 0.25) is 0 Å². The molecule has 6 heteroatoms. The van der Waals surface area contributed by atoms with Crippen LogP contribution in [0.2, 0.25) is 0 Å². The number of aliphatic carboxylic acids is 1. The van der Waals surface area contributed by atoms with E-state index in [0.717, 1.165) is 29.1 Å². The molecular weight excluding hydrogens is 312 g/mol. The molecule has 1 aromatic heterocycles. The molecule has 0 unspecified atom stereocenters. The third-order valence-electron chi connectivity index (χ3n) is 3.39. The number of benzene rings is 1. The number of carbonyl (C=O) groups is 2. The summed E-state index contributed by atoms with van der Waals surface area (Å²) in [6.07, 6.45) is 2.40. The van der Waals surface area contributed by atoms with Crippen molar-refractivity contribution in [1.82, 2.24) is 10.3 Å². The van der Waals surface area contributed by atoms with Gasteiger partial charge in [0.1, 0.15) is 0 Å². The van der Waals surface area contributed by atoms with Crippen LogP contribution in [0.25, 0.3) is 11.3 Å². The van der Waals surface area contributed by atoms with E-state index in [2.05, 4.69) is 10.3 Å². The molecule has 0 aliphatic carbocycles. The Morgan fingerprint density at radius 2 is 2.09 bits per heavy atom. The lowest BCUT2D eigenvalue weighted by Crippen LogP contribution is -2.24. The first-order valence-corrected chi connectivity index (χ1v) is 8.47. The third kappa shape index (κ3) is 5.49. The zero-order valence-corrected chi connectivity index (χ0v) is 13.9. The predicted octanol–water partition coefficient (Wildman–Crippen LogP) is 3.49. The van der Waals surface area contributed by atoms with Gasteiger partial charge in [-0.25, -0.2) is 4.98 Å². The van der Waals surface area contributed by atoms with Crippen molar-refractivity contribution in [3.05, 3.63) is 40.2 Å². The number of carboxylic acid groups (broad SMARTS) is 1. The Labute approximate surface area is 139 Å². The molecular formula is C17H20N2O3S. The standard InChI is InChI=1S/C17H20N2O3S/c1-12-19-15(11-23-12)13-6-5-7-14(10-13)17(22)18-9-4-2-3-8-16(20)21/h5-7,10-11H,2-4,8-9H2,1H3,(H,18,22)(H,20,21). The second-order valence-electron chi connectivity index (χ2n) is 5.29. The number of hydrogen-bond acceptors (Lipinski definition) is 4. The molecule has 0 atom stereocenters. The van der Waals surface area contributed by atoms with Gasteiger partial charge in [0, 0.05) is 29.5 Å². The van der Waals surface area contributed by atoms with E-state index in [1.807, 2.05) is 30.5 Å². The van der Waals surface area contributed by atoms with Gasteiger partial charge in [0.05, 0.1) is 10.7 Å². The highest BCUT2D eigenvalue weighted by Gasteiger charge is 2.08. The van der Waals surface area contributed by atoms with Crippen molar-refractivity contribution in [3.8, 4) is 11.3 Å². The number of rotatable bonds is 8. The number of carboxylic acids is 1. The summed E-state index contributed by atoms with van der Waals surface area (Å²) in [6, 6.07) is 7.42. The van der Waals surface area contributed by atoms with Crippen molar-refractivity contribution < 1.29 is 14.7 Å². The molecule has 2 aromatic rings. The van der Waals surface area contributed by atoms with Gasteiger partial charge in [-0.2, -0.15) is 0 Å². The SMILES string of the molecule is Cc1nc(-c2cccc(C(=O)NCCCCCC(=O)O)c2)cs1. The van der Waals surface area contributed by atoms with E-state index in [9.17, 15) is 9.59 Å². The molecule has 0 fully saturated rings. The topological polar surface area (TPSA) is 79.3 Å². The van der Waals surface area contributed by atoms with Crippen LogP contribution >= 0.6 is 11.3 Å². The summed E-state index contributed by atoms with van der Waals surface area (Å²) in [5.74, 6) is -0.889. The van der Waals surface area contributed by atoms with Gasteiger partial charge in [-0.1, -0.05) is 18.6 Å². The highest BCUT2D eigenvalue weighted by Crippen LogP contribution is 2.22. The molecule has 23 heavy (non-hydrogen) atoms. The van der Waals surface area contributed by atoms with Gasteiger partial charge < -0.3 is 10.4 Å². The van der Waals surface area contributed by atoms with Crippen LogP contribution in [0.15, 0.2) is 29.6 Å². The molecule has 1 aromatic carbocycles. The van der Waals surface area contributed by atoms with Crippen LogP contribution in [0.5, 0.6) is 0 Å². The quantitative estimate of drug-likeness (QED) is 0.725. The number of unbranched alkanes of at least 4 members (excludes halogenated alkanes) is 2. The molecule has 5 nitrogen and oxygen atoms in total. The van der Waals surface area contributed by atoms with Crippen LogP contribution in [0.4, 0.5) is 0 Å². The summed E-state index contributed by atoms with van der Waals surface area (Å²) >= 11 is 1.58. The Morgan fingerprint density at radius 3 is 2.78 bits per heavy atom. The van der Waals surface area contributed by atoms with E-state index in [1.54, 1.807) is 17.4 Å². The largest absolute Gasteiger partial charge is 0.481 e. The van der Waals surface area contributed by atoms with Gasteiger partial charge in [-0.05, 0) is 31.9 Å². The minimum atomic E-state index is -0.775. The first-order chi connectivity index (χ1) is 11.1. The first-order valence-electron chi connectivity index (χ1n) is 7.59. The van der Waals surface area contributed by atoms with Gasteiger partial charge in [0.25, 0.3) is 5.91 Å². The minimum Gasteiger partial charge on any atom is -0.481 e. The van der Waals surface area contributed by atoms with Gasteiger partial charge >= 0.3 is 5.97 Å². The number of hydrogen-bond donors (Lipinski definition) is 2. The fourth-order valence-electron chi connectivity index (χ4n) is 2.20. The van der Waals surface area contributed by atoms with Crippen LogP contribution in [0, 0.1) is 6.92 Å². The number of carbonyl (C=O) groups excluding carboxylic acids is 1. The fraction of sp³-hybridized carbons (Fsp3) is 0.353. The molecule has 1 amide bonds. The summed E-state index contributed by atoms with van der Waals surface area (Å²) in [4.78, 5) is 27.0. The second kappa shape index (κ2) is 8.43. The molecule has 1 heterocycles. The van der Waals surface area contributed by atoms with Crippen molar-refractivity contribution in [1.29, 1.82) is 0 Å². The maximum absolute atomic E-state index is 12.2. The summed E-state index contributed by atoms with van der Waals surface area (Å²) in [6.45, 7) is 2.51. The second-order valence-corrected chi connectivity index (χ2v) is 6.36. The zero-order chi connectivity index (χ0) is 16.7. The van der Waals surface area contributed by atoms with Crippen molar-refractivity contribution in [2.24, 2.45) is 0 Å². The lowest BCUT2D eigenvalue weighted by atomic mass is 10.1. The molecule has 0 radical (unpaired) electrons. The first kappa shape index (κ1) is 17.1. The number of nitrogens with one attached hydrogen (secondary N) is 1. The maximum atomic E-state index is 12.2. The Balaban J connectivity index is 1.84. The smallest absolute Gasteiger partial charge is 0.303 e. The summed E-state index contributed by atoms with van der Waals surface area (Å²) in [5.41, 5.74) is 2.43. The lowest BCUT2D eigenvalue weighted by Gasteiger charge is -2.06. The van der Waals surface area contributed by atoms with Crippen LogP contribution in [0.1, 0.15) is 41.0 Å². The van der Waals surface area contributed by atoms with Gasteiger partial charge in [-0.3, -0.25) is 9.59 Å². The Kier molecular flexibility index (Phi) is 6.29. The average molecular weight is 332 g/mol. The highest BCUT2D eigenvalue weighted by molar-refractivity contribution is 7.09. The molecule has 0 bridgehead atoms. The summed E-state index contributed by atoms with van der Waals surface area (Å²) < 4.78 is 0. The normalized spacial score (nSPS) is 10.5. The molecule has 2 rings (SSSR count). The Hall–Kier alpha value is -2.21. The molecule has 122 valence electrons. The fourth-order valence-corrected chi connectivity index (χ4v) is 2.82. The molecule has 2 N–H and O–H groups in total. The predicted molar refractivity (Wildman–Crippen MR) is 90.7 cm³/mol. The molecule has 0 saturated carbocycles. The lowest BCUT2D eigenvalue weighted by molar-refractivity contribution is -0.137.